The van der Waals surface area contributed by atoms with Crippen molar-refractivity contribution in [3.05, 3.63) is 34.9 Å². The highest BCUT2D eigenvalue weighted by Gasteiger charge is 2.26. The third-order valence-corrected chi connectivity index (χ3v) is 4.32. The highest BCUT2D eigenvalue weighted by molar-refractivity contribution is 6.30. The monoisotopic (exact) mass is 267 g/mol. The van der Waals surface area contributed by atoms with E-state index in [1.165, 1.54) is 24.8 Å². The van der Waals surface area contributed by atoms with E-state index >= 15 is 0 Å². The third kappa shape index (κ3) is 3.47. The van der Waals surface area contributed by atoms with Crippen molar-refractivity contribution in [3.63, 3.8) is 0 Å². The Balaban J connectivity index is 1.86. The average Bonchev–Trinajstić information content (AvgIpc) is 2.83. The molecular weight excluding hydrogens is 246 g/mol. The Labute approximate surface area is 114 Å². The maximum Gasteiger partial charge on any atom is 0.0462 e. The molecule has 1 saturated carbocycles. The van der Waals surface area contributed by atoms with Crippen LogP contribution in [0.3, 0.4) is 0 Å². The maximum atomic E-state index is 9.31. The van der Waals surface area contributed by atoms with Crippen molar-refractivity contribution >= 4 is 11.6 Å². The molecule has 0 heterocycles. The zero-order valence-corrected chi connectivity index (χ0v) is 11.7. The predicted octanol–water partition coefficient (Wildman–Crippen LogP) is 3.40. The van der Waals surface area contributed by atoms with Crippen LogP contribution in [0.5, 0.6) is 0 Å². The fourth-order valence-corrected chi connectivity index (χ4v) is 3.04. The number of aliphatic hydroxyl groups excluding tert-OH is 1. The molecule has 3 atom stereocenters. The van der Waals surface area contributed by atoms with Gasteiger partial charge in [0.2, 0.25) is 0 Å². The van der Waals surface area contributed by atoms with Crippen molar-refractivity contribution in [2.45, 2.75) is 32.2 Å². The van der Waals surface area contributed by atoms with Gasteiger partial charge in [-0.05, 0) is 55.8 Å². The normalized spacial score (nSPS) is 25.3. The second kappa shape index (κ2) is 6.55. The molecular formula is C15H22ClNO. The van der Waals surface area contributed by atoms with Crippen LogP contribution in [0, 0.1) is 11.8 Å². The molecule has 1 aromatic carbocycles. The Morgan fingerprint density at radius 1 is 1.39 bits per heavy atom. The largest absolute Gasteiger partial charge is 0.396 e. The fraction of sp³-hybridized carbons (Fsp3) is 0.600. The fourth-order valence-electron chi connectivity index (χ4n) is 2.84. The lowest BCUT2D eigenvalue weighted by Gasteiger charge is -2.21. The van der Waals surface area contributed by atoms with E-state index in [9.17, 15) is 5.11 Å². The van der Waals surface area contributed by atoms with E-state index in [-0.39, 0.29) is 0 Å². The number of rotatable bonds is 5. The lowest BCUT2D eigenvalue weighted by molar-refractivity contribution is 0.190. The first-order valence-corrected chi connectivity index (χ1v) is 7.18. The molecule has 2 N–H and O–H groups in total. The molecule has 0 radical (unpaired) electrons. The minimum absolute atomic E-state index is 0.309. The van der Waals surface area contributed by atoms with Gasteiger partial charge in [-0.2, -0.15) is 0 Å². The quantitative estimate of drug-likeness (QED) is 0.857. The van der Waals surface area contributed by atoms with E-state index in [2.05, 4.69) is 18.3 Å². The molecule has 0 aromatic heterocycles. The summed E-state index contributed by atoms with van der Waals surface area (Å²) in [4.78, 5) is 0. The molecule has 0 amide bonds. The van der Waals surface area contributed by atoms with Gasteiger partial charge in [-0.1, -0.05) is 30.2 Å². The zero-order valence-electron chi connectivity index (χ0n) is 10.9. The number of nitrogens with one attached hydrogen (secondary N) is 1. The highest BCUT2D eigenvalue weighted by atomic mass is 35.5. The van der Waals surface area contributed by atoms with E-state index in [0.29, 0.717) is 24.5 Å². The molecule has 1 aromatic rings. The molecule has 0 aliphatic heterocycles. The molecule has 0 bridgehead atoms. The second-order valence-electron chi connectivity index (χ2n) is 5.32. The van der Waals surface area contributed by atoms with Crippen molar-refractivity contribution in [2.75, 3.05) is 13.2 Å². The molecule has 1 aliphatic carbocycles. The standard InChI is InChI=1S/C15H22ClNO/c1-11(12-4-3-7-15(16)8-12)17-9-13-5-2-6-14(13)10-18/h3-4,7-8,11,13-14,17-18H,2,5-6,9-10H2,1H3. The van der Waals surface area contributed by atoms with Crippen molar-refractivity contribution < 1.29 is 5.11 Å². The third-order valence-electron chi connectivity index (χ3n) is 4.09. The first-order chi connectivity index (χ1) is 8.70. The first-order valence-electron chi connectivity index (χ1n) is 6.80. The summed E-state index contributed by atoms with van der Waals surface area (Å²) in [6, 6.07) is 8.31. The predicted molar refractivity (Wildman–Crippen MR) is 75.8 cm³/mol. The summed E-state index contributed by atoms with van der Waals surface area (Å²) in [5.41, 5.74) is 1.22. The molecule has 1 aliphatic rings. The van der Waals surface area contributed by atoms with Gasteiger partial charge in [0, 0.05) is 17.7 Å². The van der Waals surface area contributed by atoms with Crippen LogP contribution in [0.15, 0.2) is 24.3 Å². The van der Waals surface area contributed by atoms with Gasteiger partial charge in [-0.3, -0.25) is 0 Å². The number of halogens is 1. The number of hydrogen-bond donors (Lipinski definition) is 2. The molecule has 0 spiro atoms. The summed E-state index contributed by atoms with van der Waals surface area (Å²) < 4.78 is 0. The lowest BCUT2D eigenvalue weighted by atomic mass is 9.96. The van der Waals surface area contributed by atoms with Gasteiger partial charge < -0.3 is 10.4 Å². The summed E-state index contributed by atoms with van der Waals surface area (Å²) in [6.07, 6.45) is 3.66. The molecule has 3 heteroatoms. The Bertz CT molecular complexity index is 383. The smallest absolute Gasteiger partial charge is 0.0462 e. The van der Waals surface area contributed by atoms with Crippen molar-refractivity contribution in [1.82, 2.24) is 5.32 Å². The van der Waals surface area contributed by atoms with Crippen LogP contribution in [0.4, 0.5) is 0 Å². The summed E-state index contributed by atoms with van der Waals surface area (Å²) >= 11 is 6.00. The first kappa shape index (κ1) is 13.9. The lowest BCUT2D eigenvalue weighted by Crippen LogP contribution is -2.28. The van der Waals surface area contributed by atoms with Gasteiger partial charge in [0.05, 0.1) is 0 Å². The topological polar surface area (TPSA) is 32.3 Å². The minimum Gasteiger partial charge on any atom is -0.396 e. The summed E-state index contributed by atoms with van der Waals surface area (Å²) in [5.74, 6) is 1.11. The summed E-state index contributed by atoms with van der Waals surface area (Å²) in [6.45, 7) is 3.48. The van der Waals surface area contributed by atoms with Crippen molar-refractivity contribution in [1.29, 1.82) is 0 Å². The van der Waals surface area contributed by atoms with Gasteiger partial charge in [0.1, 0.15) is 0 Å². The molecule has 18 heavy (non-hydrogen) atoms. The van der Waals surface area contributed by atoms with Gasteiger partial charge in [-0.25, -0.2) is 0 Å². The Morgan fingerprint density at radius 2 is 2.17 bits per heavy atom. The van der Waals surface area contributed by atoms with Crippen LogP contribution in [0.1, 0.15) is 37.8 Å². The SMILES string of the molecule is CC(NCC1CCCC1CO)c1cccc(Cl)c1. The van der Waals surface area contributed by atoms with Crippen LogP contribution >= 0.6 is 11.6 Å². The summed E-state index contributed by atoms with van der Waals surface area (Å²) in [7, 11) is 0. The Morgan fingerprint density at radius 3 is 2.89 bits per heavy atom. The van der Waals surface area contributed by atoms with Crippen LogP contribution < -0.4 is 5.32 Å². The second-order valence-corrected chi connectivity index (χ2v) is 5.76. The molecule has 100 valence electrons. The maximum absolute atomic E-state index is 9.31. The van der Waals surface area contributed by atoms with E-state index in [4.69, 9.17) is 11.6 Å². The van der Waals surface area contributed by atoms with Crippen LogP contribution in [-0.4, -0.2) is 18.3 Å². The van der Waals surface area contributed by atoms with Crippen molar-refractivity contribution in [3.8, 4) is 0 Å². The van der Waals surface area contributed by atoms with Crippen LogP contribution in [-0.2, 0) is 0 Å². The Kier molecular flexibility index (Phi) is 5.04. The van der Waals surface area contributed by atoms with E-state index < -0.39 is 0 Å². The molecule has 1 fully saturated rings. The zero-order chi connectivity index (χ0) is 13.0. The Hall–Kier alpha value is -0.570. The van der Waals surface area contributed by atoms with Gasteiger partial charge >= 0.3 is 0 Å². The number of aliphatic hydroxyl groups is 1. The van der Waals surface area contributed by atoms with Crippen LogP contribution in [0.25, 0.3) is 0 Å². The summed E-state index contributed by atoms with van der Waals surface area (Å²) in [5, 5.41) is 13.7. The van der Waals surface area contributed by atoms with Gasteiger partial charge in [-0.15, -0.1) is 0 Å². The van der Waals surface area contributed by atoms with E-state index in [1.807, 2.05) is 18.2 Å². The van der Waals surface area contributed by atoms with Crippen LogP contribution in [0.2, 0.25) is 5.02 Å². The highest BCUT2D eigenvalue weighted by Crippen LogP contribution is 2.31. The molecule has 2 nitrogen and oxygen atoms in total. The van der Waals surface area contributed by atoms with Gasteiger partial charge in [0.25, 0.3) is 0 Å². The van der Waals surface area contributed by atoms with E-state index in [1.54, 1.807) is 0 Å². The number of hydrogen-bond acceptors (Lipinski definition) is 2. The molecule has 2 rings (SSSR count). The average molecular weight is 268 g/mol. The molecule has 0 saturated heterocycles. The van der Waals surface area contributed by atoms with Crippen molar-refractivity contribution in [2.24, 2.45) is 11.8 Å². The molecule has 3 unspecified atom stereocenters. The number of benzene rings is 1. The minimum atomic E-state index is 0.309. The van der Waals surface area contributed by atoms with E-state index in [0.717, 1.165) is 11.6 Å². The van der Waals surface area contributed by atoms with Gasteiger partial charge in [0.15, 0.2) is 0 Å².